The number of thioether (sulfide) groups is 1. The van der Waals surface area contributed by atoms with E-state index in [9.17, 15) is 4.79 Å². The minimum Gasteiger partial charge on any atom is -0.462 e. The van der Waals surface area contributed by atoms with E-state index in [1.165, 1.54) is 11.8 Å². The Hall–Kier alpha value is -1.79. The number of hydrogen-bond donors (Lipinski definition) is 0. The van der Waals surface area contributed by atoms with Gasteiger partial charge in [-0.25, -0.2) is 0 Å². The summed E-state index contributed by atoms with van der Waals surface area (Å²) in [6, 6.07) is 7.37. The van der Waals surface area contributed by atoms with Gasteiger partial charge in [-0.15, -0.1) is 16.8 Å². The number of carbonyl (C=O) groups excluding carboxylic acids is 1. The number of benzene rings is 1. The minimum absolute atomic E-state index is 0.126. The van der Waals surface area contributed by atoms with Crippen LogP contribution >= 0.6 is 23.4 Å². The van der Waals surface area contributed by atoms with Crippen LogP contribution in [0.3, 0.4) is 0 Å². The molecule has 0 aliphatic heterocycles. The molecule has 2 rings (SSSR count). The van der Waals surface area contributed by atoms with Crippen LogP contribution in [-0.4, -0.2) is 32.6 Å². The Labute approximate surface area is 144 Å². The van der Waals surface area contributed by atoms with Gasteiger partial charge in [-0.05, 0) is 38.1 Å². The summed E-state index contributed by atoms with van der Waals surface area (Å²) in [7, 11) is 0. The zero-order valence-electron chi connectivity index (χ0n) is 13.0. The van der Waals surface area contributed by atoms with Gasteiger partial charge in [0.15, 0.2) is 11.0 Å². The van der Waals surface area contributed by atoms with Crippen molar-refractivity contribution < 1.29 is 9.53 Å². The number of ether oxygens (including phenoxy) is 1. The first-order valence-electron chi connectivity index (χ1n) is 7.13. The van der Waals surface area contributed by atoms with Crippen LogP contribution in [0, 0.1) is 0 Å². The molecule has 0 atom stereocenters. The summed E-state index contributed by atoms with van der Waals surface area (Å²) in [6.07, 6.45) is 1.64. The van der Waals surface area contributed by atoms with Gasteiger partial charge in [-0.3, -0.25) is 9.36 Å². The van der Waals surface area contributed by atoms with Crippen molar-refractivity contribution in [3.63, 3.8) is 0 Å². The van der Waals surface area contributed by atoms with Crippen molar-refractivity contribution in [2.45, 2.75) is 31.7 Å². The molecule has 1 heterocycles. The number of esters is 1. The molecule has 0 bridgehead atoms. The second kappa shape index (κ2) is 8.17. The maximum absolute atomic E-state index is 11.7. The summed E-state index contributed by atoms with van der Waals surface area (Å²) in [4.78, 5) is 11.7. The van der Waals surface area contributed by atoms with E-state index >= 15 is 0 Å². The monoisotopic (exact) mass is 351 g/mol. The predicted octanol–water partition coefficient (Wildman–Crippen LogP) is 3.83. The largest absolute Gasteiger partial charge is 0.462 e. The van der Waals surface area contributed by atoms with Crippen LogP contribution in [0.4, 0.5) is 0 Å². The second-order valence-corrected chi connectivity index (χ2v) is 6.42. The smallest absolute Gasteiger partial charge is 0.316 e. The molecular weight excluding hydrogens is 334 g/mol. The van der Waals surface area contributed by atoms with Crippen molar-refractivity contribution in [3.8, 4) is 11.4 Å². The second-order valence-electron chi connectivity index (χ2n) is 5.04. The summed E-state index contributed by atoms with van der Waals surface area (Å²) in [5.41, 5.74) is 0.903. The van der Waals surface area contributed by atoms with E-state index in [2.05, 4.69) is 16.8 Å². The molecule has 0 fully saturated rings. The summed E-state index contributed by atoms with van der Waals surface area (Å²) >= 11 is 7.21. The highest BCUT2D eigenvalue weighted by molar-refractivity contribution is 7.99. The zero-order valence-corrected chi connectivity index (χ0v) is 14.6. The topological polar surface area (TPSA) is 57.0 Å². The first-order valence-corrected chi connectivity index (χ1v) is 8.50. The van der Waals surface area contributed by atoms with E-state index in [1.807, 2.05) is 30.5 Å². The maximum Gasteiger partial charge on any atom is 0.316 e. The molecular formula is C16H18ClN3O2S. The molecule has 1 aromatic carbocycles. The highest BCUT2D eigenvalue weighted by Crippen LogP contribution is 2.25. The third-order valence-corrected chi connectivity index (χ3v) is 4.01. The fourth-order valence-corrected chi connectivity index (χ4v) is 2.78. The number of rotatable bonds is 7. The molecule has 1 aromatic heterocycles. The van der Waals surface area contributed by atoms with Gasteiger partial charge >= 0.3 is 5.97 Å². The van der Waals surface area contributed by atoms with Gasteiger partial charge in [0.2, 0.25) is 0 Å². The highest BCUT2D eigenvalue weighted by atomic mass is 35.5. The molecule has 122 valence electrons. The summed E-state index contributed by atoms with van der Waals surface area (Å²) in [5, 5.41) is 9.71. The third-order valence-electron chi connectivity index (χ3n) is 2.82. The van der Waals surface area contributed by atoms with Crippen molar-refractivity contribution in [1.82, 2.24) is 14.8 Å². The number of carbonyl (C=O) groups is 1. The number of nitrogens with zero attached hydrogens (tertiary/aromatic N) is 3. The van der Waals surface area contributed by atoms with Crippen molar-refractivity contribution in [1.29, 1.82) is 0 Å². The zero-order chi connectivity index (χ0) is 16.8. The fraction of sp³-hybridized carbons (Fsp3) is 0.312. The lowest BCUT2D eigenvalue weighted by Gasteiger charge is -2.09. The molecule has 0 saturated carbocycles. The van der Waals surface area contributed by atoms with Gasteiger partial charge in [0.25, 0.3) is 0 Å². The van der Waals surface area contributed by atoms with E-state index in [0.717, 1.165) is 5.56 Å². The molecule has 5 nitrogen and oxygen atoms in total. The van der Waals surface area contributed by atoms with Crippen LogP contribution in [0.2, 0.25) is 5.02 Å². The molecule has 0 radical (unpaired) electrons. The lowest BCUT2D eigenvalue weighted by Crippen LogP contribution is -2.13. The lowest BCUT2D eigenvalue weighted by atomic mass is 10.2. The van der Waals surface area contributed by atoms with Gasteiger partial charge in [0.1, 0.15) is 0 Å². The predicted molar refractivity (Wildman–Crippen MR) is 92.6 cm³/mol. The van der Waals surface area contributed by atoms with Crippen molar-refractivity contribution in [2.75, 3.05) is 5.75 Å². The molecule has 0 spiro atoms. The average Bonchev–Trinajstić information content (AvgIpc) is 2.89. The normalized spacial score (nSPS) is 10.8. The van der Waals surface area contributed by atoms with Crippen LogP contribution in [0.25, 0.3) is 11.4 Å². The van der Waals surface area contributed by atoms with Crippen molar-refractivity contribution >= 4 is 29.3 Å². The minimum atomic E-state index is -0.272. The van der Waals surface area contributed by atoms with Crippen molar-refractivity contribution in [3.05, 3.63) is 41.9 Å². The molecule has 23 heavy (non-hydrogen) atoms. The van der Waals surface area contributed by atoms with Crippen LogP contribution in [0.15, 0.2) is 42.1 Å². The van der Waals surface area contributed by atoms with Gasteiger partial charge < -0.3 is 4.74 Å². The van der Waals surface area contributed by atoms with E-state index in [0.29, 0.717) is 22.5 Å². The van der Waals surface area contributed by atoms with Gasteiger partial charge in [-0.2, -0.15) is 0 Å². The summed E-state index contributed by atoms with van der Waals surface area (Å²) in [5.74, 6) is 0.626. The Bertz CT molecular complexity index is 683. The first kappa shape index (κ1) is 17.6. The van der Waals surface area contributed by atoms with E-state index in [4.69, 9.17) is 16.3 Å². The molecule has 0 saturated heterocycles. The van der Waals surface area contributed by atoms with Crippen LogP contribution in [0.5, 0.6) is 0 Å². The van der Waals surface area contributed by atoms with E-state index in [1.54, 1.807) is 18.2 Å². The summed E-state index contributed by atoms with van der Waals surface area (Å²) in [6.45, 7) is 7.95. The van der Waals surface area contributed by atoms with Crippen LogP contribution < -0.4 is 0 Å². The quantitative estimate of drug-likeness (QED) is 0.431. The SMILES string of the molecule is C=CCn1c(SCC(=O)OC(C)C)nnc1-c1ccc(Cl)cc1. The lowest BCUT2D eigenvalue weighted by molar-refractivity contribution is -0.144. The molecule has 0 unspecified atom stereocenters. The fourth-order valence-electron chi connectivity index (χ4n) is 1.92. The Morgan fingerprint density at radius 3 is 2.70 bits per heavy atom. The van der Waals surface area contributed by atoms with Crippen LogP contribution in [-0.2, 0) is 16.1 Å². The van der Waals surface area contributed by atoms with Gasteiger partial charge in [0.05, 0.1) is 11.9 Å². The third kappa shape index (κ3) is 4.84. The number of allylic oxidation sites excluding steroid dienone is 1. The standard InChI is InChI=1S/C16H18ClN3O2S/c1-4-9-20-15(12-5-7-13(17)8-6-12)18-19-16(20)23-10-14(21)22-11(2)3/h4-8,11H,1,9-10H2,2-3H3. The van der Waals surface area contributed by atoms with Gasteiger partial charge in [-0.1, -0.05) is 29.4 Å². The number of halogens is 1. The first-order chi connectivity index (χ1) is 11.0. The number of hydrogen-bond acceptors (Lipinski definition) is 5. The Kier molecular flexibility index (Phi) is 6.24. The van der Waals surface area contributed by atoms with E-state index in [-0.39, 0.29) is 17.8 Å². The van der Waals surface area contributed by atoms with Crippen LogP contribution in [0.1, 0.15) is 13.8 Å². The molecule has 0 aliphatic rings. The summed E-state index contributed by atoms with van der Waals surface area (Å²) < 4.78 is 7.03. The Morgan fingerprint density at radius 2 is 2.09 bits per heavy atom. The van der Waals surface area contributed by atoms with E-state index < -0.39 is 0 Å². The molecule has 0 amide bonds. The maximum atomic E-state index is 11.7. The highest BCUT2D eigenvalue weighted by Gasteiger charge is 2.15. The average molecular weight is 352 g/mol. The molecule has 0 aliphatic carbocycles. The molecule has 2 aromatic rings. The number of aromatic nitrogens is 3. The van der Waals surface area contributed by atoms with Crippen molar-refractivity contribution in [2.24, 2.45) is 0 Å². The van der Waals surface area contributed by atoms with Gasteiger partial charge in [0, 0.05) is 17.1 Å². The molecule has 7 heteroatoms. The molecule has 0 N–H and O–H groups in total. The Balaban J connectivity index is 2.19. The Morgan fingerprint density at radius 1 is 1.39 bits per heavy atom.